The fourth-order valence-corrected chi connectivity index (χ4v) is 2.15. The molecule has 88 valence electrons. The van der Waals surface area contributed by atoms with E-state index >= 15 is 0 Å². The molecule has 2 N–H and O–H groups in total. The van der Waals surface area contributed by atoms with Crippen molar-refractivity contribution >= 4 is 10.8 Å². The van der Waals surface area contributed by atoms with Crippen LogP contribution >= 0.6 is 0 Å². The number of hydrogen-bond donors (Lipinski definition) is 2. The number of benzene rings is 3. The molecule has 3 rings (SSSR count). The predicted octanol–water partition coefficient (Wildman–Crippen LogP) is 3.92. The fourth-order valence-electron chi connectivity index (χ4n) is 2.15. The Balaban J connectivity index is 2.29. The van der Waals surface area contributed by atoms with Crippen molar-refractivity contribution in [2.24, 2.45) is 0 Å². The van der Waals surface area contributed by atoms with Crippen LogP contribution in [-0.4, -0.2) is 10.2 Å². The number of hydrogen-bond acceptors (Lipinski definition) is 2. The summed E-state index contributed by atoms with van der Waals surface area (Å²) < 4.78 is 0. The number of phenolic OH excluding ortho intramolecular Hbond substituents is 2. The molecule has 0 aliphatic carbocycles. The Morgan fingerprint density at radius 2 is 1.44 bits per heavy atom. The number of aromatic hydroxyl groups is 2. The van der Waals surface area contributed by atoms with E-state index in [1.165, 1.54) is 0 Å². The standard InChI is InChI=1S/C16H12O2/c17-15-8-4-7-12-9-13(16(18)10-14(12)15)11-5-2-1-3-6-11/h1-10,17-18H. The van der Waals surface area contributed by atoms with Crippen molar-refractivity contribution in [1.29, 1.82) is 0 Å². The first-order valence-corrected chi connectivity index (χ1v) is 5.76. The Hall–Kier alpha value is -2.48. The van der Waals surface area contributed by atoms with E-state index < -0.39 is 0 Å². The monoisotopic (exact) mass is 236 g/mol. The first-order chi connectivity index (χ1) is 8.75. The first-order valence-electron chi connectivity index (χ1n) is 5.76. The predicted molar refractivity (Wildman–Crippen MR) is 72.7 cm³/mol. The Morgan fingerprint density at radius 3 is 2.22 bits per heavy atom. The molecule has 3 aromatic carbocycles. The lowest BCUT2D eigenvalue weighted by molar-refractivity contribution is 0.473. The van der Waals surface area contributed by atoms with Gasteiger partial charge in [-0.05, 0) is 29.1 Å². The zero-order valence-corrected chi connectivity index (χ0v) is 9.67. The molecule has 0 bridgehead atoms. The lowest BCUT2D eigenvalue weighted by Gasteiger charge is -2.08. The van der Waals surface area contributed by atoms with Crippen LogP contribution < -0.4 is 0 Å². The molecule has 0 atom stereocenters. The highest BCUT2D eigenvalue weighted by atomic mass is 16.3. The van der Waals surface area contributed by atoms with Crippen LogP contribution in [0.1, 0.15) is 0 Å². The quantitative estimate of drug-likeness (QED) is 0.672. The molecular weight excluding hydrogens is 224 g/mol. The fraction of sp³-hybridized carbons (Fsp3) is 0. The van der Waals surface area contributed by atoms with Gasteiger partial charge in [-0.3, -0.25) is 0 Å². The van der Waals surface area contributed by atoms with Crippen molar-refractivity contribution < 1.29 is 10.2 Å². The number of phenols is 2. The van der Waals surface area contributed by atoms with Gasteiger partial charge in [-0.2, -0.15) is 0 Å². The van der Waals surface area contributed by atoms with Crippen LogP contribution in [-0.2, 0) is 0 Å². The minimum absolute atomic E-state index is 0.176. The molecule has 0 aliphatic heterocycles. The molecule has 0 aromatic heterocycles. The molecule has 2 nitrogen and oxygen atoms in total. The van der Waals surface area contributed by atoms with Crippen molar-refractivity contribution in [2.75, 3.05) is 0 Å². The van der Waals surface area contributed by atoms with Crippen LogP contribution in [0.5, 0.6) is 11.5 Å². The van der Waals surface area contributed by atoms with Gasteiger partial charge in [0.05, 0.1) is 0 Å². The number of rotatable bonds is 1. The average Bonchev–Trinajstić information content (AvgIpc) is 2.40. The van der Waals surface area contributed by atoms with Gasteiger partial charge in [-0.1, -0.05) is 42.5 Å². The van der Waals surface area contributed by atoms with Gasteiger partial charge in [0, 0.05) is 10.9 Å². The Bertz CT molecular complexity index is 703. The highest BCUT2D eigenvalue weighted by Gasteiger charge is 2.08. The number of fused-ring (bicyclic) bond motifs is 1. The Morgan fingerprint density at radius 1 is 0.667 bits per heavy atom. The van der Waals surface area contributed by atoms with E-state index in [9.17, 15) is 10.2 Å². The third kappa shape index (κ3) is 1.68. The van der Waals surface area contributed by atoms with Crippen molar-refractivity contribution in [3.05, 3.63) is 60.7 Å². The Labute approximate surface area is 105 Å². The normalized spacial score (nSPS) is 10.7. The summed E-state index contributed by atoms with van der Waals surface area (Å²) >= 11 is 0. The van der Waals surface area contributed by atoms with E-state index in [0.717, 1.165) is 16.5 Å². The largest absolute Gasteiger partial charge is 0.507 e. The van der Waals surface area contributed by atoms with Crippen LogP contribution in [0.4, 0.5) is 0 Å². The zero-order valence-electron chi connectivity index (χ0n) is 9.67. The summed E-state index contributed by atoms with van der Waals surface area (Å²) in [4.78, 5) is 0. The van der Waals surface area contributed by atoms with Gasteiger partial charge in [0.2, 0.25) is 0 Å². The zero-order chi connectivity index (χ0) is 12.5. The van der Waals surface area contributed by atoms with Crippen molar-refractivity contribution in [2.45, 2.75) is 0 Å². The second kappa shape index (κ2) is 4.08. The third-order valence-corrected chi connectivity index (χ3v) is 3.06. The molecule has 0 saturated heterocycles. The van der Waals surface area contributed by atoms with Gasteiger partial charge in [0.1, 0.15) is 11.5 Å². The maximum Gasteiger partial charge on any atom is 0.124 e. The molecule has 18 heavy (non-hydrogen) atoms. The van der Waals surface area contributed by atoms with Gasteiger partial charge in [-0.25, -0.2) is 0 Å². The Kier molecular flexibility index (Phi) is 2.41. The lowest BCUT2D eigenvalue weighted by Crippen LogP contribution is -1.81. The van der Waals surface area contributed by atoms with Gasteiger partial charge in [0.15, 0.2) is 0 Å². The van der Waals surface area contributed by atoms with Crippen molar-refractivity contribution in [3.8, 4) is 22.6 Å². The highest BCUT2D eigenvalue weighted by molar-refractivity contribution is 5.94. The van der Waals surface area contributed by atoms with Crippen molar-refractivity contribution in [1.82, 2.24) is 0 Å². The van der Waals surface area contributed by atoms with Gasteiger partial charge < -0.3 is 10.2 Å². The lowest BCUT2D eigenvalue weighted by atomic mass is 10.00. The van der Waals surface area contributed by atoms with Crippen molar-refractivity contribution in [3.63, 3.8) is 0 Å². The summed E-state index contributed by atoms with van der Waals surface area (Å²) in [5, 5.41) is 21.4. The SMILES string of the molecule is Oc1cc2c(O)cccc2cc1-c1ccccc1. The summed E-state index contributed by atoms with van der Waals surface area (Å²) in [6, 6.07) is 18.5. The summed E-state index contributed by atoms with van der Waals surface area (Å²) in [5.74, 6) is 0.359. The minimum Gasteiger partial charge on any atom is -0.507 e. The first kappa shape index (κ1) is 10.7. The molecule has 0 unspecified atom stereocenters. The topological polar surface area (TPSA) is 40.5 Å². The molecule has 0 amide bonds. The molecule has 0 aliphatic rings. The molecule has 3 aromatic rings. The molecule has 2 heteroatoms. The molecule has 0 spiro atoms. The summed E-state index contributed by atoms with van der Waals surface area (Å²) in [7, 11) is 0. The van der Waals surface area contributed by atoms with E-state index in [1.807, 2.05) is 42.5 Å². The van der Waals surface area contributed by atoms with Gasteiger partial charge in [-0.15, -0.1) is 0 Å². The van der Waals surface area contributed by atoms with Crippen LogP contribution in [0.15, 0.2) is 60.7 Å². The van der Waals surface area contributed by atoms with E-state index in [0.29, 0.717) is 5.39 Å². The molecule has 0 heterocycles. The molecule has 0 saturated carbocycles. The molecule has 0 fully saturated rings. The van der Waals surface area contributed by atoms with E-state index in [2.05, 4.69) is 0 Å². The third-order valence-electron chi connectivity index (χ3n) is 3.06. The molecule has 0 radical (unpaired) electrons. The second-order valence-corrected chi connectivity index (χ2v) is 4.23. The molecular formula is C16H12O2. The van der Waals surface area contributed by atoms with Crippen LogP contribution in [0.3, 0.4) is 0 Å². The highest BCUT2D eigenvalue weighted by Crippen LogP contribution is 2.36. The van der Waals surface area contributed by atoms with Gasteiger partial charge in [0.25, 0.3) is 0 Å². The smallest absolute Gasteiger partial charge is 0.124 e. The maximum absolute atomic E-state index is 10.1. The van der Waals surface area contributed by atoms with Gasteiger partial charge >= 0.3 is 0 Å². The van der Waals surface area contributed by atoms with Crippen LogP contribution in [0, 0.1) is 0 Å². The summed E-state index contributed by atoms with van der Waals surface area (Å²) in [5.41, 5.74) is 1.73. The minimum atomic E-state index is 0.176. The van der Waals surface area contributed by atoms with Crippen LogP contribution in [0.25, 0.3) is 21.9 Å². The van der Waals surface area contributed by atoms with E-state index in [-0.39, 0.29) is 11.5 Å². The summed E-state index contributed by atoms with van der Waals surface area (Å²) in [6.45, 7) is 0. The second-order valence-electron chi connectivity index (χ2n) is 4.23. The van der Waals surface area contributed by atoms with E-state index in [1.54, 1.807) is 18.2 Å². The summed E-state index contributed by atoms with van der Waals surface area (Å²) in [6.07, 6.45) is 0. The van der Waals surface area contributed by atoms with E-state index in [4.69, 9.17) is 0 Å². The van der Waals surface area contributed by atoms with Crippen LogP contribution in [0.2, 0.25) is 0 Å². The maximum atomic E-state index is 10.1. The average molecular weight is 236 g/mol.